The van der Waals surface area contributed by atoms with E-state index in [4.69, 9.17) is 16.6 Å². The molecule has 2 aliphatic heterocycles. The van der Waals surface area contributed by atoms with Crippen LogP contribution in [0.15, 0.2) is 59.7 Å². The lowest BCUT2D eigenvalue weighted by Crippen LogP contribution is -2.35. The fraction of sp³-hybridized carbons (Fsp3) is 0.214. The quantitative estimate of drug-likeness (QED) is 0.340. The third-order valence-electron chi connectivity index (χ3n) is 7.59. The number of H-pyrrole nitrogens is 1. The normalized spacial score (nSPS) is 16.1. The van der Waals surface area contributed by atoms with Crippen molar-refractivity contribution in [3.63, 3.8) is 0 Å². The van der Waals surface area contributed by atoms with Crippen LogP contribution in [0.3, 0.4) is 0 Å². The number of halogens is 1. The number of nitrogens with zero attached hydrogens (tertiary/aromatic N) is 7. The zero-order valence-corrected chi connectivity index (χ0v) is 22.5. The number of anilines is 1. The number of nitrogens with one attached hydrogen (secondary N) is 2. The second-order valence-electron chi connectivity index (χ2n) is 10.2. The molecule has 40 heavy (non-hydrogen) atoms. The summed E-state index contributed by atoms with van der Waals surface area (Å²) in [4.78, 5) is 35.6. The number of fused-ring (bicyclic) bond motifs is 2. The van der Waals surface area contributed by atoms with E-state index in [0.717, 1.165) is 69.4 Å². The second kappa shape index (κ2) is 9.16. The number of tetrazole rings is 1. The van der Waals surface area contributed by atoms with E-state index in [2.05, 4.69) is 31.9 Å². The first-order valence-corrected chi connectivity index (χ1v) is 13.2. The number of pyridine rings is 1. The Bertz CT molecular complexity index is 1860. The van der Waals surface area contributed by atoms with Gasteiger partial charge in [-0.1, -0.05) is 17.7 Å². The van der Waals surface area contributed by atoms with Crippen LogP contribution in [0.5, 0.6) is 0 Å². The highest BCUT2D eigenvalue weighted by Gasteiger charge is 2.29. The van der Waals surface area contributed by atoms with E-state index in [1.165, 1.54) is 6.33 Å². The number of aryl methyl sites for hydroxylation is 2. The van der Waals surface area contributed by atoms with Crippen LogP contribution < -0.4 is 10.9 Å². The summed E-state index contributed by atoms with van der Waals surface area (Å²) in [6.07, 6.45) is 2.99. The third-order valence-corrected chi connectivity index (χ3v) is 7.83. The second-order valence-corrected chi connectivity index (χ2v) is 10.6. The highest BCUT2D eigenvalue weighted by Crippen LogP contribution is 2.36. The first-order chi connectivity index (χ1) is 19.4. The molecule has 0 bridgehead atoms. The summed E-state index contributed by atoms with van der Waals surface area (Å²) in [7, 11) is 1.77. The average Bonchev–Trinajstić information content (AvgIpc) is 3.69. The van der Waals surface area contributed by atoms with Crippen LogP contribution in [-0.2, 0) is 13.0 Å². The molecule has 0 saturated carbocycles. The Morgan fingerprint density at radius 3 is 2.75 bits per heavy atom. The van der Waals surface area contributed by atoms with Crippen molar-refractivity contribution < 1.29 is 4.79 Å². The Hall–Kier alpha value is -4.77. The van der Waals surface area contributed by atoms with Gasteiger partial charge in [-0.3, -0.25) is 4.79 Å². The molecule has 5 heterocycles. The molecule has 0 saturated heterocycles. The summed E-state index contributed by atoms with van der Waals surface area (Å²) in [5.41, 5.74) is 7.64. The molecule has 2 N–H and O–H groups in total. The molecule has 2 aromatic carbocycles. The molecule has 0 fully saturated rings. The molecule has 3 aromatic heterocycles. The number of carbonyl (C=O) groups is 1. The topological polar surface area (TPSA) is 127 Å². The van der Waals surface area contributed by atoms with E-state index >= 15 is 0 Å². The first-order valence-electron chi connectivity index (χ1n) is 12.9. The summed E-state index contributed by atoms with van der Waals surface area (Å²) in [5.74, 6) is 0.751. The van der Waals surface area contributed by atoms with Gasteiger partial charge in [-0.25, -0.2) is 9.78 Å². The minimum atomic E-state index is -0.203. The Labute approximate surface area is 233 Å². The molecule has 0 spiro atoms. The number of urea groups is 1. The van der Waals surface area contributed by atoms with Crippen molar-refractivity contribution in [2.75, 3.05) is 12.4 Å². The maximum atomic E-state index is 13.6. The van der Waals surface area contributed by atoms with Crippen molar-refractivity contribution in [1.82, 2.24) is 39.6 Å². The van der Waals surface area contributed by atoms with E-state index in [1.54, 1.807) is 28.8 Å². The van der Waals surface area contributed by atoms with Crippen LogP contribution >= 0.6 is 11.6 Å². The van der Waals surface area contributed by atoms with Gasteiger partial charge in [0.15, 0.2) is 0 Å². The Kier molecular flexibility index (Phi) is 5.56. The maximum Gasteiger partial charge on any atom is 0.321 e. The van der Waals surface area contributed by atoms with Gasteiger partial charge in [0.25, 0.3) is 5.56 Å². The van der Waals surface area contributed by atoms with Crippen molar-refractivity contribution >= 4 is 23.3 Å². The van der Waals surface area contributed by atoms with Crippen LogP contribution in [0.4, 0.5) is 10.5 Å². The van der Waals surface area contributed by atoms with Crippen molar-refractivity contribution in [2.45, 2.75) is 32.4 Å². The fourth-order valence-corrected chi connectivity index (χ4v) is 5.85. The van der Waals surface area contributed by atoms with E-state index in [9.17, 15) is 9.59 Å². The van der Waals surface area contributed by atoms with Gasteiger partial charge in [-0.15, -0.1) is 5.10 Å². The molecular formula is C28H24ClN9O2. The summed E-state index contributed by atoms with van der Waals surface area (Å²) in [6, 6.07) is 14.7. The molecule has 2 aliphatic rings. The number of aromatic nitrogens is 7. The number of carbonyl (C=O) groups excluding carboxylic acids is 1. The van der Waals surface area contributed by atoms with Crippen molar-refractivity contribution in [3.8, 4) is 28.1 Å². The molecule has 12 heteroatoms. The van der Waals surface area contributed by atoms with Gasteiger partial charge in [0.2, 0.25) is 0 Å². The summed E-state index contributed by atoms with van der Waals surface area (Å²) >= 11 is 6.33. The number of aromatic amines is 1. The number of amides is 2. The Balaban J connectivity index is 1.24. The van der Waals surface area contributed by atoms with Gasteiger partial charge in [-0.2, -0.15) is 4.68 Å². The molecular weight excluding hydrogens is 530 g/mol. The van der Waals surface area contributed by atoms with E-state index in [-0.39, 0.29) is 17.6 Å². The van der Waals surface area contributed by atoms with Gasteiger partial charge in [0, 0.05) is 52.9 Å². The van der Waals surface area contributed by atoms with Gasteiger partial charge in [0.05, 0.1) is 17.4 Å². The summed E-state index contributed by atoms with van der Waals surface area (Å²) < 4.78 is 3.38. The highest BCUT2D eigenvalue weighted by atomic mass is 35.5. The van der Waals surface area contributed by atoms with Crippen LogP contribution in [0.1, 0.15) is 35.2 Å². The molecule has 7 rings (SSSR count). The van der Waals surface area contributed by atoms with Crippen molar-refractivity contribution in [3.05, 3.63) is 93.0 Å². The van der Waals surface area contributed by atoms with Crippen molar-refractivity contribution in [1.29, 1.82) is 0 Å². The van der Waals surface area contributed by atoms with Gasteiger partial charge in [0.1, 0.15) is 12.2 Å². The molecule has 1 atom stereocenters. The number of benzene rings is 2. The van der Waals surface area contributed by atoms with E-state index in [0.29, 0.717) is 11.6 Å². The van der Waals surface area contributed by atoms with Gasteiger partial charge in [-0.05, 0) is 77.7 Å². The highest BCUT2D eigenvalue weighted by molar-refractivity contribution is 6.31. The van der Waals surface area contributed by atoms with Crippen LogP contribution in [0, 0.1) is 6.92 Å². The molecule has 11 nitrogen and oxygen atoms in total. The van der Waals surface area contributed by atoms with E-state index in [1.807, 2.05) is 41.8 Å². The van der Waals surface area contributed by atoms with Crippen molar-refractivity contribution in [2.24, 2.45) is 0 Å². The molecule has 0 unspecified atom stereocenters. The van der Waals surface area contributed by atoms with Crippen LogP contribution in [0.25, 0.3) is 28.1 Å². The fourth-order valence-electron chi connectivity index (χ4n) is 5.67. The molecule has 5 aromatic rings. The molecule has 2 amide bonds. The van der Waals surface area contributed by atoms with Gasteiger partial charge >= 0.3 is 6.03 Å². The third kappa shape index (κ3) is 3.97. The lowest BCUT2D eigenvalue weighted by Gasteiger charge is -2.26. The minimum absolute atomic E-state index is 0.110. The molecule has 0 radical (unpaired) electrons. The summed E-state index contributed by atoms with van der Waals surface area (Å²) in [5, 5.41) is 14.9. The Morgan fingerprint density at radius 2 is 1.93 bits per heavy atom. The number of hydrogen-bond donors (Lipinski definition) is 2. The number of imidazole rings is 1. The first kappa shape index (κ1) is 24.3. The maximum absolute atomic E-state index is 13.6. The predicted octanol–water partition coefficient (Wildman–Crippen LogP) is 4.36. The van der Waals surface area contributed by atoms with E-state index < -0.39 is 0 Å². The lowest BCUT2D eigenvalue weighted by molar-refractivity contribution is 0.218. The summed E-state index contributed by atoms with van der Waals surface area (Å²) in [6.45, 7) is 2.52. The standard InChI is InChI=1S/C28H24ClN9O2/c1-15-26(16-3-6-22-18(9-16)13-36(2)28(40)32-22)33-27(31-15)24-8-5-20-10-17(11-25(39)38(20)24)21-12-19(29)4-7-23(21)37-14-30-34-35-37/h3-4,6-7,9-12,14,24H,5,8,13H2,1-2H3,(H,31,33)(H,32,40)/t24-/m0/s1. The smallest absolute Gasteiger partial charge is 0.321 e. The minimum Gasteiger partial charge on any atom is -0.344 e. The number of hydrogen-bond acceptors (Lipinski definition) is 6. The SMILES string of the molecule is Cc1[nH]c([C@@H]2CCc3cc(-c4cc(Cl)ccc4-n4cnnn4)cc(=O)n32)nc1-c1ccc2c(c1)CN(C)C(=O)N2. The zero-order valence-electron chi connectivity index (χ0n) is 21.7. The number of rotatable bonds is 4. The largest absolute Gasteiger partial charge is 0.344 e. The van der Waals surface area contributed by atoms with Crippen LogP contribution in [-0.4, -0.2) is 52.7 Å². The van der Waals surface area contributed by atoms with Gasteiger partial charge < -0.3 is 19.8 Å². The Morgan fingerprint density at radius 1 is 1.05 bits per heavy atom. The average molecular weight is 554 g/mol. The lowest BCUT2D eigenvalue weighted by atomic mass is 10.0. The zero-order chi connectivity index (χ0) is 27.5. The molecule has 200 valence electrons. The monoisotopic (exact) mass is 553 g/mol. The predicted molar refractivity (Wildman–Crippen MR) is 150 cm³/mol. The van der Waals surface area contributed by atoms with Crippen LogP contribution in [0.2, 0.25) is 5.02 Å². The molecule has 0 aliphatic carbocycles.